The fraction of sp³-hybridized carbons (Fsp3) is 0.842. The molecule has 8 heteroatoms. The van der Waals surface area contributed by atoms with Crippen LogP contribution in [0.25, 0.3) is 0 Å². The number of aromatic nitrogens is 3. The summed E-state index contributed by atoms with van der Waals surface area (Å²) in [5, 5.41) is 21.1. The van der Waals surface area contributed by atoms with E-state index in [1.807, 2.05) is 4.90 Å². The zero-order valence-electron chi connectivity index (χ0n) is 15.8. The van der Waals surface area contributed by atoms with Crippen molar-refractivity contribution < 1.29 is 14.6 Å². The summed E-state index contributed by atoms with van der Waals surface area (Å²) in [5.41, 5.74) is 0. The van der Waals surface area contributed by atoms with E-state index >= 15 is 0 Å². The first-order valence-corrected chi connectivity index (χ1v) is 10.4. The van der Waals surface area contributed by atoms with Crippen LogP contribution in [0.3, 0.4) is 0 Å². The lowest BCUT2D eigenvalue weighted by Crippen LogP contribution is -2.52. The van der Waals surface area contributed by atoms with E-state index in [0.717, 1.165) is 70.7 Å². The molecule has 150 valence electrons. The number of piperidine rings is 1. The van der Waals surface area contributed by atoms with Crippen LogP contribution < -0.4 is 5.32 Å². The molecule has 1 aromatic heterocycles. The van der Waals surface area contributed by atoms with Crippen LogP contribution in [0.4, 0.5) is 0 Å². The molecule has 8 nitrogen and oxygen atoms in total. The minimum atomic E-state index is -0.442. The van der Waals surface area contributed by atoms with Crippen molar-refractivity contribution in [2.24, 2.45) is 5.92 Å². The molecule has 3 atom stereocenters. The number of amides is 1. The summed E-state index contributed by atoms with van der Waals surface area (Å²) in [5.74, 6) is 1.46. The molecule has 27 heavy (non-hydrogen) atoms. The predicted molar refractivity (Wildman–Crippen MR) is 99.1 cm³/mol. The molecular formula is C19H31N5O3. The van der Waals surface area contributed by atoms with Gasteiger partial charge < -0.3 is 20.1 Å². The second kappa shape index (κ2) is 8.67. The van der Waals surface area contributed by atoms with Gasteiger partial charge in [0.2, 0.25) is 5.91 Å². The van der Waals surface area contributed by atoms with E-state index < -0.39 is 6.10 Å². The Bertz CT molecular complexity index is 596. The molecule has 3 aliphatic rings. The molecule has 1 amide bonds. The number of hydrogen-bond acceptors (Lipinski definition) is 6. The number of H-pyrrole nitrogens is 1. The third kappa shape index (κ3) is 4.50. The summed E-state index contributed by atoms with van der Waals surface area (Å²) in [6.07, 6.45) is 7.25. The summed E-state index contributed by atoms with van der Waals surface area (Å²) in [6, 6.07) is 0.537. The Morgan fingerprint density at radius 2 is 1.96 bits per heavy atom. The quantitative estimate of drug-likeness (QED) is 0.717. The highest BCUT2D eigenvalue weighted by Gasteiger charge is 2.36. The van der Waals surface area contributed by atoms with Crippen molar-refractivity contribution in [3.8, 4) is 0 Å². The predicted octanol–water partition coefficient (Wildman–Crippen LogP) is 0.809. The number of aromatic amines is 1. The molecule has 3 N–H and O–H groups in total. The highest BCUT2D eigenvalue weighted by atomic mass is 16.5. The fourth-order valence-electron chi connectivity index (χ4n) is 4.78. The maximum atomic E-state index is 12.9. The maximum absolute atomic E-state index is 12.9. The number of aliphatic hydroxyl groups excluding tert-OH is 1. The topological polar surface area (TPSA) is 103 Å². The molecular weight excluding hydrogens is 346 g/mol. The van der Waals surface area contributed by atoms with Gasteiger partial charge in [-0.1, -0.05) is 0 Å². The van der Waals surface area contributed by atoms with Crippen LogP contribution in [-0.4, -0.2) is 75.6 Å². The number of hydrogen-bond donors (Lipinski definition) is 3. The largest absolute Gasteiger partial charge is 0.391 e. The monoisotopic (exact) mass is 377 g/mol. The zero-order chi connectivity index (χ0) is 18.6. The molecule has 3 fully saturated rings. The maximum Gasteiger partial charge on any atom is 0.225 e. The Morgan fingerprint density at radius 1 is 1.19 bits per heavy atom. The summed E-state index contributed by atoms with van der Waals surface area (Å²) in [6.45, 7) is 3.12. The third-order valence-electron chi connectivity index (χ3n) is 6.46. The molecule has 3 unspecified atom stereocenters. The molecule has 2 aliphatic heterocycles. The standard InChI is InChI=1S/C19H31N5O3/c25-17-11-14(1-2-16(17)22-15-5-9-27-10-6-15)19(26)24-7-3-13(4-8-24)18-20-12-21-23-18/h12-17,22,25H,1-11H2,(H,20,21,23). The van der Waals surface area contributed by atoms with Gasteiger partial charge in [-0.15, -0.1) is 0 Å². The van der Waals surface area contributed by atoms with Gasteiger partial charge in [0.1, 0.15) is 12.2 Å². The number of carbonyl (C=O) groups excluding carboxylic acids is 1. The van der Waals surface area contributed by atoms with E-state index in [-0.39, 0.29) is 17.9 Å². The summed E-state index contributed by atoms with van der Waals surface area (Å²) < 4.78 is 5.40. The van der Waals surface area contributed by atoms with E-state index in [1.165, 1.54) is 0 Å². The van der Waals surface area contributed by atoms with Crippen molar-refractivity contribution in [2.45, 2.75) is 69.1 Å². The van der Waals surface area contributed by atoms with Gasteiger partial charge in [-0.3, -0.25) is 9.89 Å². The Balaban J connectivity index is 1.24. The van der Waals surface area contributed by atoms with E-state index in [1.54, 1.807) is 6.33 Å². The summed E-state index contributed by atoms with van der Waals surface area (Å²) in [7, 11) is 0. The number of ether oxygens (including phenoxy) is 1. The van der Waals surface area contributed by atoms with Crippen LogP contribution in [0, 0.1) is 5.92 Å². The molecule has 0 aromatic carbocycles. The number of rotatable bonds is 4. The van der Waals surface area contributed by atoms with E-state index in [2.05, 4.69) is 20.5 Å². The lowest BCUT2D eigenvalue weighted by atomic mass is 9.82. The third-order valence-corrected chi connectivity index (χ3v) is 6.46. The molecule has 1 saturated carbocycles. The molecule has 1 aliphatic carbocycles. The van der Waals surface area contributed by atoms with Crippen LogP contribution in [0.15, 0.2) is 6.33 Å². The number of carbonyl (C=O) groups is 1. The molecule has 0 bridgehead atoms. The van der Waals surface area contributed by atoms with Crippen LogP contribution in [0.5, 0.6) is 0 Å². The second-order valence-corrected chi connectivity index (χ2v) is 8.21. The van der Waals surface area contributed by atoms with Gasteiger partial charge in [0.15, 0.2) is 0 Å². The van der Waals surface area contributed by atoms with Crippen LogP contribution in [0.2, 0.25) is 0 Å². The van der Waals surface area contributed by atoms with Gasteiger partial charge in [0, 0.05) is 50.2 Å². The first-order valence-electron chi connectivity index (χ1n) is 10.4. The number of nitrogens with one attached hydrogen (secondary N) is 2. The Morgan fingerprint density at radius 3 is 2.63 bits per heavy atom. The van der Waals surface area contributed by atoms with Crippen molar-refractivity contribution in [3.63, 3.8) is 0 Å². The fourth-order valence-corrected chi connectivity index (χ4v) is 4.78. The lowest BCUT2D eigenvalue weighted by molar-refractivity contribution is -0.139. The Kier molecular flexibility index (Phi) is 6.04. The molecule has 0 radical (unpaired) electrons. The van der Waals surface area contributed by atoms with Gasteiger partial charge in [0.25, 0.3) is 0 Å². The smallest absolute Gasteiger partial charge is 0.225 e. The van der Waals surface area contributed by atoms with Gasteiger partial charge in [-0.25, -0.2) is 4.98 Å². The SMILES string of the molecule is O=C(C1CCC(NC2CCOCC2)C(O)C1)N1CCC(c2ncn[nH]2)CC1. The van der Waals surface area contributed by atoms with E-state index in [0.29, 0.717) is 18.4 Å². The molecule has 2 saturated heterocycles. The molecule has 3 heterocycles. The van der Waals surface area contributed by atoms with Crippen molar-refractivity contribution in [2.75, 3.05) is 26.3 Å². The second-order valence-electron chi connectivity index (χ2n) is 8.21. The zero-order valence-corrected chi connectivity index (χ0v) is 15.8. The minimum absolute atomic E-state index is 0.0467. The van der Waals surface area contributed by atoms with Gasteiger partial charge in [-0.05, 0) is 44.9 Å². The van der Waals surface area contributed by atoms with Crippen molar-refractivity contribution in [3.05, 3.63) is 12.2 Å². The average molecular weight is 377 g/mol. The van der Waals surface area contributed by atoms with Crippen LogP contribution >= 0.6 is 0 Å². The van der Waals surface area contributed by atoms with Gasteiger partial charge in [-0.2, -0.15) is 5.10 Å². The molecule has 0 spiro atoms. The van der Waals surface area contributed by atoms with Crippen molar-refractivity contribution in [1.29, 1.82) is 0 Å². The number of aliphatic hydroxyl groups is 1. The van der Waals surface area contributed by atoms with Crippen LogP contribution in [0.1, 0.15) is 56.7 Å². The van der Waals surface area contributed by atoms with Gasteiger partial charge in [0.05, 0.1) is 6.10 Å². The highest BCUT2D eigenvalue weighted by molar-refractivity contribution is 5.79. The Labute approximate surface area is 160 Å². The van der Waals surface area contributed by atoms with Gasteiger partial charge >= 0.3 is 0 Å². The molecule has 1 aromatic rings. The first kappa shape index (κ1) is 18.8. The van der Waals surface area contributed by atoms with Crippen molar-refractivity contribution in [1.82, 2.24) is 25.4 Å². The van der Waals surface area contributed by atoms with E-state index in [9.17, 15) is 9.90 Å². The molecule has 4 rings (SSSR count). The van der Waals surface area contributed by atoms with Crippen molar-refractivity contribution >= 4 is 5.91 Å². The summed E-state index contributed by atoms with van der Waals surface area (Å²) >= 11 is 0. The Hall–Kier alpha value is -1.51. The number of likely N-dealkylation sites (tertiary alicyclic amines) is 1. The minimum Gasteiger partial charge on any atom is -0.391 e. The average Bonchev–Trinajstić information content (AvgIpc) is 3.25. The number of nitrogens with zero attached hydrogens (tertiary/aromatic N) is 3. The normalized spacial score (nSPS) is 31.1. The lowest BCUT2D eigenvalue weighted by Gasteiger charge is -2.39. The van der Waals surface area contributed by atoms with Crippen LogP contribution in [-0.2, 0) is 9.53 Å². The first-order chi connectivity index (χ1) is 13.2. The summed E-state index contributed by atoms with van der Waals surface area (Å²) in [4.78, 5) is 19.2. The highest BCUT2D eigenvalue weighted by Crippen LogP contribution is 2.30. The van der Waals surface area contributed by atoms with E-state index in [4.69, 9.17) is 4.74 Å².